The van der Waals surface area contributed by atoms with Crippen LogP contribution in [0.25, 0.3) is 0 Å². The summed E-state index contributed by atoms with van der Waals surface area (Å²) in [7, 11) is 0. The summed E-state index contributed by atoms with van der Waals surface area (Å²) in [4.78, 5) is 25.6. The third kappa shape index (κ3) is 4.82. The van der Waals surface area contributed by atoms with E-state index in [0.717, 1.165) is 0 Å². The molecule has 1 N–H and O–H groups in total. The SMILES string of the molecule is C/C(CC(=O)N1CCOCC1)=N\NC(=O)c1ccc(Cl)cc1. The van der Waals surface area contributed by atoms with Crippen molar-refractivity contribution in [3.63, 3.8) is 0 Å². The van der Waals surface area contributed by atoms with E-state index in [-0.39, 0.29) is 18.2 Å². The van der Waals surface area contributed by atoms with Crippen molar-refractivity contribution >= 4 is 29.1 Å². The maximum absolute atomic E-state index is 12.0. The van der Waals surface area contributed by atoms with Crippen LogP contribution in [0.5, 0.6) is 0 Å². The molecule has 0 bridgehead atoms. The highest BCUT2D eigenvalue weighted by molar-refractivity contribution is 6.30. The van der Waals surface area contributed by atoms with Crippen LogP contribution in [0.3, 0.4) is 0 Å². The predicted molar refractivity (Wildman–Crippen MR) is 84.0 cm³/mol. The van der Waals surface area contributed by atoms with Crippen molar-refractivity contribution in [2.24, 2.45) is 5.10 Å². The van der Waals surface area contributed by atoms with E-state index in [1.165, 1.54) is 0 Å². The molecular weight excluding hydrogens is 306 g/mol. The molecule has 118 valence electrons. The molecule has 1 saturated heterocycles. The number of benzene rings is 1. The van der Waals surface area contributed by atoms with Gasteiger partial charge in [-0.05, 0) is 31.2 Å². The van der Waals surface area contributed by atoms with Crippen molar-refractivity contribution in [1.29, 1.82) is 0 Å². The van der Waals surface area contributed by atoms with Crippen molar-refractivity contribution in [3.8, 4) is 0 Å². The molecule has 1 aliphatic heterocycles. The lowest BCUT2D eigenvalue weighted by molar-refractivity contribution is -0.133. The zero-order valence-electron chi connectivity index (χ0n) is 12.3. The van der Waals surface area contributed by atoms with Crippen molar-refractivity contribution in [1.82, 2.24) is 10.3 Å². The molecule has 1 heterocycles. The number of rotatable bonds is 4. The molecule has 0 radical (unpaired) electrons. The number of hydrogen-bond donors (Lipinski definition) is 1. The quantitative estimate of drug-likeness (QED) is 0.677. The number of morpholine rings is 1. The van der Waals surface area contributed by atoms with E-state index in [4.69, 9.17) is 16.3 Å². The van der Waals surface area contributed by atoms with E-state index in [0.29, 0.717) is 42.6 Å². The molecule has 2 amide bonds. The summed E-state index contributed by atoms with van der Waals surface area (Å²) in [5.41, 5.74) is 3.45. The Morgan fingerprint density at radius 2 is 1.91 bits per heavy atom. The number of nitrogens with zero attached hydrogens (tertiary/aromatic N) is 2. The van der Waals surface area contributed by atoms with Gasteiger partial charge in [-0.2, -0.15) is 5.10 Å². The maximum atomic E-state index is 12.0. The van der Waals surface area contributed by atoms with Gasteiger partial charge >= 0.3 is 0 Å². The first-order chi connectivity index (χ1) is 10.6. The smallest absolute Gasteiger partial charge is 0.271 e. The Kier molecular flexibility index (Phi) is 5.91. The van der Waals surface area contributed by atoms with Gasteiger partial charge in [-0.1, -0.05) is 11.6 Å². The summed E-state index contributed by atoms with van der Waals surface area (Å²) in [6, 6.07) is 6.49. The van der Waals surface area contributed by atoms with E-state index in [2.05, 4.69) is 10.5 Å². The van der Waals surface area contributed by atoms with Crippen molar-refractivity contribution in [2.45, 2.75) is 13.3 Å². The average molecular weight is 324 g/mol. The zero-order valence-corrected chi connectivity index (χ0v) is 13.1. The number of ether oxygens (including phenoxy) is 1. The fourth-order valence-electron chi connectivity index (χ4n) is 1.99. The highest BCUT2D eigenvalue weighted by atomic mass is 35.5. The van der Waals surface area contributed by atoms with Crippen molar-refractivity contribution in [3.05, 3.63) is 34.9 Å². The molecule has 0 atom stereocenters. The topological polar surface area (TPSA) is 71.0 Å². The number of amides is 2. The Bertz CT molecular complexity index is 566. The predicted octanol–water partition coefficient (Wildman–Crippen LogP) is 1.69. The lowest BCUT2D eigenvalue weighted by Crippen LogP contribution is -2.41. The monoisotopic (exact) mass is 323 g/mol. The fraction of sp³-hybridized carbons (Fsp3) is 0.400. The van der Waals surface area contributed by atoms with E-state index < -0.39 is 0 Å². The van der Waals surface area contributed by atoms with Crippen LogP contribution in [-0.4, -0.2) is 48.7 Å². The van der Waals surface area contributed by atoms with Gasteiger partial charge in [-0.25, -0.2) is 5.43 Å². The third-order valence-corrected chi connectivity index (χ3v) is 3.48. The second-order valence-electron chi connectivity index (χ2n) is 4.96. The molecule has 0 aliphatic carbocycles. The molecule has 0 saturated carbocycles. The molecule has 0 aromatic heterocycles. The Balaban J connectivity index is 1.85. The van der Waals surface area contributed by atoms with E-state index in [1.54, 1.807) is 36.1 Å². The standard InChI is InChI=1S/C15H18ClN3O3/c1-11(10-14(20)19-6-8-22-9-7-19)17-18-15(21)12-2-4-13(16)5-3-12/h2-5H,6-10H2,1H3,(H,18,21)/b17-11+. The molecule has 1 aromatic rings. The molecule has 2 rings (SSSR count). The first kappa shape index (κ1) is 16.5. The highest BCUT2D eigenvalue weighted by Crippen LogP contribution is 2.09. The Morgan fingerprint density at radius 1 is 1.27 bits per heavy atom. The Hall–Kier alpha value is -1.92. The first-order valence-electron chi connectivity index (χ1n) is 7.01. The minimum Gasteiger partial charge on any atom is -0.378 e. The largest absolute Gasteiger partial charge is 0.378 e. The molecule has 0 spiro atoms. The summed E-state index contributed by atoms with van der Waals surface area (Å²) in [6.07, 6.45) is 0.181. The molecule has 1 aliphatic rings. The first-order valence-corrected chi connectivity index (χ1v) is 7.38. The number of carbonyl (C=O) groups is 2. The number of hydrazone groups is 1. The average Bonchev–Trinajstić information content (AvgIpc) is 2.54. The molecule has 0 unspecified atom stereocenters. The van der Waals surface area contributed by atoms with Gasteiger partial charge in [0, 0.05) is 29.4 Å². The van der Waals surface area contributed by atoms with E-state index in [1.807, 2.05) is 0 Å². The summed E-state index contributed by atoms with van der Waals surface area (Å²) in [6.45, 7) is 4.04. The fourth-order valence-corrected chi connectivity index (χ4v) is 2.12. The highest BCUT2D eigenvalue weighted by Gasteiger charge is 2.17. The van der Waals surface area contributed by atoms with Gasteiger partial charge in [0.25, 0.3) is 5.91 Å². The van der Waals surface area contributed by atoms with Crippen LogP contribution in [0.2, 0.25) is 5.02 Å². The number of carbonyl (C=O) groups excluding carboxylic acids is 2. The van der Waals surface area contributed by atoms with E-state index in [9.17, 15) is 9.59 Å². The zero-order chi connectivity index (χ0) is 15.9. The number of halogens is 1. The summed E-state index contributed by atoms with van der Waals surface area (Å²) in [5.74, 6) is -0.347. The van der Waals surface area contributed by atoms with Crippen molar-refractivity contribution in [2.75, 3.05) is 26.3 Å². The van der Waals surface area contributed by atoms with Gasteiger partial charge in [0.05, 0.1) is 19.6 Å². The molecule has 1 fully saturated rings. The van der Waals surface area contributed by atoms with Crippen LogP contribution in [0, 0.1) is 0 Å². The summed E-state index contributed by atoms with van der Waals surface area (Å²) < 4.78 is 5.20. The van der Waals surface area contributed by atoms with Gasteiger partial charge in [0.15, 0.2) is 0 Å². The normalized spacial score (nSPS) is 15.5. The van der Waals surface area contributed by atoms with Crippen LogP contribution >= 0.6 is 11.6 Å². The molecule has 6 nitrogen and oxygen atoms in total. The van der Waals surface area contributed by atoms with Crippen LogP contribution in [-0.2, 0) is 9.53 Å². The maximum Gasteiger partial charge on any atom is 0.271 e. The van der Waals surface area contributed by atoms with Crippen LogP contribution in [0.1, 0.15) is 23.7 Å². The summed E-state index contributed by atoms with van der Waals surface area (Å²) in [5, 5.41) is 4.53. The minimum absolute atomic E-state index is 0.00899. The van der Waals surface area contributed by atoms with Gasteiger partial charge < -0.3 is 9.64 Å². The molecule has 7 heteroatoms. The van der Waals surface area contributed by atoms with Crippen LogP contribution in [0.4, 0.5) is 0 Å². The van der Waals surface area contributed by atoms with Crippen LogP contribution < -0.4 is 5.43 Å². The Morgan fingerprint density at radius 3 is 2.55 bits per heavy atom. The van der Waals surface area contributed by atoms with E-state index >= 15 is 0 Å². The van der Waals surface area contributed by atoms with Gasteiger partial charge in [-0.3, -0.25) is 9.59 Å². The third-order valence-electron chi connectivity index (χ3n) is 3.23. The van der Waals surface area contributed by atoms with Crippen LogP contribution in [0.15, 0.2) is 29.4 Å². The summed E-state index contributed by atoms with van der Waals surface area (Å²) >= 11 is 5.76. The lowest BCUT2D eigenvalue weighted by Gasteiger charge is -2.26. The van der Waals surface area contributed by atoms with Gasteiger partial charge in [0.2, 0.25) is 5.91 Å². The molecule has 1 aromatic carbocycles. The number of nitrogens with one attached hydrogen (secondary N) is 1. The molecule has 22 heavy (non-hydrogen) atoms. The second-order valence-corrected chi connectivity index (χ2v) is 5.40. The van der Waals surface area contributed by atoms with Gasteiger partial charge in [-0.15, -0.1) is 0 Å². The van der Waals surface area contributed by atoms with Crippen molar-refractivity contribution < 1.29 is 14.3 Å². The lowest BCUT2D eigenvalue weighted by atomic mass is 10.2. The second kappa shape index (κ2) is 7.91. The minimum atomic E-state index is -0.338. The number of hydrogen-bond acceptors (Lipinski definition) is 4. The molecular formula is C15H18ClN3O3. The Labute approximate surface area is 134 Å². The van der Waals surface area contributed by atoms with Gasteiger partial charge in [0.1, 0.15) is 0 Å².